The van der Waals surface area contributed by atoms with Crippen molar-refractivity contribution in [1.82, 2.24) is 0 Å². The summed E-state index contributed by atoms with van der Waals surface area (Å²) >= 11 is 0. The summed E-state index contributed by atoms with van der Waals surface area (Å²) in [4.78, 5) is 0. The molecule has 0 saturated carbocycles. The lowest BCUT2D eigenvalue weighted by Gasteiger charge is -2.10. The van der Waals surface area contributed by atoms with Crippen molar-refractivity contribution in [2.45, 2.75) is 59.0 Å². The Hall–Kier alpha value is -0.755. The van der Waals surface area contributed by atoms with Crippen LogP contribution in [0, 0.1) is 0 Å². The van der Waals surface area contributed by atoms with Crippen LogP contribution in [-0.4, -0.2) is 7.48 Å². The number of benzene rings is 1. The van der Waals surface area contributed by atoms with E-state index in [0.717, 1.165) is 6.61 Å². The van der Waals surface area contributed by atoms with Crippen LogP contribution in [0.1, 0.15) is 56.2 Å². The molecule has 1 aromatic rings. The second kappa shape index (κ2) is 6.25. The molecule has 1 nitrogen and oxygen atoms in total. The molecular weight excluding hydrogens is 207 g/mol. The van der Waals surface area contributed by atoms with Crippen molar-refractivity contribution in [3.05, 3.63) is 28.8 Å². The van der Waals surface area contributed by atoms with E-state index in [1.54, 1.807) is 0 Å². The van der Waals surface area contributed by atoms with Gasteiger partial charge in [0.1, 0.15) is 0 Å². The minimum atomic E-state index is 0.772. The molecule has 0 fully saturated rings. The summed E-state index contributed by atoms with van der Waals surface area (Å²) in [5, 5.41) is 0. The summed E-state index contributed by atoms with van der Waals surface area (Å²) in [6.07, 6.45) is 7.49. The van der Waals surface area contributed by atoms with Crippen LogP contribution in [0.15, 0.2) is 12.1 Å². The third kappa shape index (κ3) is 3.13. The summed E-state index contributed by atoms with van der Waals surface area (Å²) in [5.74, 6) is 0. The number of rotatable bonds is 6. The van der Waals surface area contributed by atoms with Crippen LogP contribution in [0.25, 0.3) is 0 Å². The molecule has 1 radical (unpaired) electrons. The normalized spacial score (nSPS) is 13.5. The average molecular weight is 229 g/mol. The van der Waals surface area contributed by atoms with Gasteiger partial charge in [0.2, 0.25) is 0 Å². The van der Waals surface area contributed by atoms with Gasteiger partial charge in [-0.2, -0.15) is 0 Å². The van der Waals surface area contributed by atoms with E-state index in [9.17, 15) is 0 Å². The van der Waals surface area contributed by atoms with Crippen molar-refractivity contribution in [3.8, 4) is 0 Å². The van der Waals surface area contributed by atoms with Crippen LogP contribution in [0.2, 0.25) is 0 Å². The van der Waals surface area contributed by atoms with Crippen molar-refractivity contribution in [2.24, 2.45) is 0 Å². The Morgan fingerprint density at radius 3 is 2.65 bits per heavy atom. The van der Waals surface area contributed by atoms with E-state index in [0.29, 0.717) is 0 Å². The molecule has 0 unspecified atom stereocenters. The average Bonchev–Trinajstić information content (AvgIpc) is 2.81. The Morgan fingerprint density at radius 2 is 1.88 bits per heavy atom. The molecule has 0 amide bonds. The molecule has 0 atom stereocenters. The number of fused-ring (bicyclic) bond motifs is 1. The van der Waals surface area contributed by atoms with Crippen molar-refractivity contribution in [2.75, 3.05) is 0 Å². The van der Waals surface area contributed by atoms with Gasteiger partial charge in [-0.25, -0.2) is 0 Å². The summed E-state index contributed by atoms with van der Waals surface area (Å²) in [6.45, 7) is 5.28. The topological polar surface area (TPSA) is 9.23 Å². The van der Waals surface area contributed by atoms with E-state index in [4.69, 9.17) is 4.65 Å². The fourth-order valence-corrected chi connectivity index (χ4v) is 2.44. The number of hydrogen-bond donors (Lipinski definition) is 0. The van der Waals surface area contributed by atoms with Crippen LogP contribution in [0.4, 0.5) is 0 Å². The highest BCUT2D eigenvalue weighted by molar-refractivity contribution is 6.49. The standard InChI is InChI=1S/C15H22BO/c1-3-5-7-12-9-13(8-6-4-2)15-14(10-12)11-17-16-15/h9-10H,3-8,11H2,1-2H3. The van der Waals surface area contributed by atoms with Crippen LogP contribution >= 0.6 is 0 Å². The van der Waals surface area contributed by atoms with Crippen LogP contribution in [0.3, 0.4) is 0 Å². The van der Waals surface area contributed by atoms with Gasteiger partial charge in [0, 0.05) is 0 Å². The first-order chi connectivity index (χ1) is 8.35. The van der Waals surface area contributed by atoms with Gasteiger partial charge in [-0.1, -0.05) is 44.4 Å². The Kier molecular flexibility index (Phi) is 4.67. The molecule has 0 saturated heterocycles. The zero-order valence-corrected chi connectivity index (χ0v) is 11.1. The molecule has 0 bridgehead atoms. The largest absolute Gasteiger partial charge is 0.430 e. The van der Waals surface area contributed by atoms with E-state index in [-0.39, 0.29) is 0 Å². The molecule has 0 aliphatic carbocycles. The molecule has 0 N–H and O–H groups in total. The Morgan fingerprint density at radius 1 is 1.12 bits per heavy atom. The fraction of sp³-hybridized carbons (Fsp3) is 0.600. The highest BCUT2D eigenvalue weighted by atomic mass is 16.4. The van der Waals surface area contributed by atoms with Crippen molar-refractivity contribution in [3.63, 3.8) is 0 Å². The molecule has 1 aliphatic rings. The van der Waals surface area contributed by atoms with Gasteiger partial charge in [0.25, 0.3) is 0 Å². The number of aryl methyl sites for hydroxylation is 2. The maximum Gasteiger partial charge on any atom is 0.331 e. The Labute approximate surface area is 106 Å². The van der Waals surface area contributed by atoms with Crippen molar-refractivity contribution in [1.29, 1.82) is 0 Å². The molecule has 2 rings (SSSR count). The van der Waals surface area contributed by atoms with Crippen LogP contribution in [0.5, 0.6) is 0 Å². The third-order valence-corrected chi connectivity index (χ3v) is 3.47. The van der Waals surface area contributed by atoms with Gasteiger partial charge in [0.05, 0.1) is 6.61 Å². The zero-order chi connectivity index (χ0) is 12.1. The molecule has 1 aliphatic heterocycles. The molecule has 0 spiro atoms. The van der Waals surface area contributed by atoms with E-state index < -0.39 is 0 Å². The lowest BCUT2D eigenvalue weighted by molar-refractivity contribution is 0.345. The van der Waals surface area contributed by atoms with Gasteiger partial charge >= 0.3 is 7.48 Å². The summed E-state index contributed by atoms with van der Waals surface area (Å²) in [5.41, 5.74) is 5.74. The highest BCUT2D eigenvalue weighted by Gasteiger charge is 2.18. The van der Waals surface area contributed by atoms with E-state index in [1.165, 1.54) is 60.7 Å². The summed E-state index contributed by atoms with van der Waals surface area (Å²) in [7, 11) is 1.95. The second-order valence-corrected chi connectivity index (χ2v) is 4.96. The van der Waals surface area contributed by atoms with E-state index in [2.05, 4.69) is 26.0 Å². The van der Waals surface area contributed by atoms with Gasteiger partial charge in [-0.05, 0) is 42.3 Å². The molecule has 1 aromatic carbocycles. The molecule has 1 heterocycles. The first kappa shape index (κ1) is 12.7. The lowest BCUT2D eigenvalue weighted by atomic mass is 9.80. The van der Waals surface area contributed by atoms with Crippen LogP contribution < -0.4 is 5.46 Å². The maximum atomic E-state index is 5.47. The molecule has 2 heteroatoms. The summed E-state index contributed by atoms with van der Waals surface area (Å²) < 4.78 is 5.47. The lowest BCUT2D eigenvalue weighted by Crippen LogP contribution is -2.18. The van der Waals surface area contributed by atoms with Gasteiger partial charge < -0.3 is 4.65 Å². The number of unbranched alkanes of at least 4 members (excludes halogenated alkanes) is 2. The molecule has 91 valence electrons. The smallest absolute Gasteiger partial charge is 0.331 e. The van der Waals surface area contributed by atoms with Gasteiger partial charge in [-0.15, -0.1) is 0 Å². The number of hydrogen-bond acceptors (Lipinski definition) is 1. The van der Waals surface area contributed by atoms with E-state index in [1.807, 2.05) is 7.48 Å². The first-order valence-electron chi connectivity index (χ1n) is 6.94. The van der Waals surface area contributed by atoms with Crippen LogP contribution in [-0.2, 0) is 24.1 Å². The predicted octanol–water partition coefficient (Wildman–Crippen LogP) is 3.15. The summed E-state index contributed by atoms with van der Waals surface area (Å²) in [6, 6.07) is 4.74. The molecular formula is C15H22BO. The third-order valence-electron chi connectivity index (χ3n) is 3.47. The Bertz CT molecular complexity index is 373. The first-order valence-corrected chi connectivity index (χ1v) is 6.94. The fourth-order valence-electron chi connectivity index (χ4n) is 2.44. The maximum absolute atomic E-state index is 5.47. The zero-order valence-electron chi connectivity index (χ0n) is 11.1. The highest BCUT2D eigenvalue weighted by Crippen LogP contribution is 2.17. The minimum absolute atomic E-state index is 0.772. The Balaban J connectivity index is 2.19. The molecule has 0 aromatic heterocycles. The monoisotopic (exact) mass is 229 g/mol. The van der Waals surface area contributed by atoms with Gasteiger partial charge in [0.15, 0.2) is 0 Å². The SMILES string of the molecule is CCCCc1cc(CCCC)c2c(c1)CO[B]2. The minimum Gasteiger partial charge on any atom is -0.430 e. The van der Waals surface area contributed by atoms with E-state index >= 15 is 0 Å². The quantitative estimate of drug-likeness (QED) is 0.681. The van der Waals surface area contributed by atoms with Gasteiger partial charge in [-0.3, -0.25) is 0 Å². The molecule has 17 heavy (non-hydrogen) atoms. The predicted molar refractivity (Wildman–Crippen MR) is 73.8 cm³/mol. The second-order valence-electron chi connectivity index (χ2n) is 4.96. The van der Waals surface area contributed by atoms with Crippen molar-refractivity contribution < 1.29 is 4.65 Å². The van der Waals surface area contributed by atoms with Crippen molar-refractivity contribution >= 4 is 12.9 Å².